The topological polar surface area (TPSA) is 55.6 Å². The maximum atomic E-state index is 12.1. The molecule has 0 aromatic heterocycles. The van der Waals surface area contributed by atoms with Gasteiger partial charge in [-0.1, -0.05) is 0 Å². The molecule has 0 saturated heterocycles. The Morgan fingerprint density at radius 1 is 1.39 bits per heavy atom. The number of rotatable bonds is 6. The van der Waals surface area contributed by atoms with Crippen molar-refractivity contribution in [2.75, 3.05) is 25.9 Å². The second kappa shape index (κ2) is 6.69. The number of nitrogens with zero attached hydrogens (tertiary/aromatic N) is 1. The van der Waals surface area contributed by atoms with E-state index in [-0.39, 0.29) is 5.78 Å². The number of nitrogen functional groups attached to an aromatic ring is 1. The van der Waals surface area contributed by atoms with E-state index >= 15 is 0 Å². The Hall–Kier alpha value is -1.97. The molecule has 0 aliphatic heterocycles. The molecule has 1 aromatic carbocycles. The van der Waals surface area contributed by atoms with Crippen LogP contribution in [0.25, 0.3) is 0 Å². The van der Waals surface area contributed by atoms with E-state index in [4.69, 9.17) is 10.5 Å². The Morgan fingerprint density at radius 2 is 2.06 bits per heavy atom. The summed E-state index contributed by atoms with van der Waals surface area (Å²) >= 11 is 0. The molecule has 0 atom stereocenters. The molecule has 0 aliphatic rings. The number of carbonyl (C=O) groups is 1. The minimum atomic E-state index is -0.106. The molecule has 98 valence electrons. The summed E-state index contributed by atoms with van der Waals surface area (Å²) in [6.45, 7) is 5.82. The summed E-state index contributed by atoms with van der Waals surface area (Å²) in [5.41, 5.74) is 6.72. The number of ether oxygens (including phenoxy) is 1. The highest BCUT2D eigenvalue weighted by Gasteiger charge is 2.10. The van der Waals surface area contributed by atoms with Crippen LogP contribution in [0.5, 0.6) is 5.75 Å². The third-order valence-corrected chi connectivity index (χ3v) is 2.74. The predicted octanol–water partition coefficient (Wildman–Crippen LogP) is 2.32. The first-order valence-electron chi connectivity index (χ1n) is 6.02. The normalized spacial score (nSPS) is 10.6. The number of hydrogen-bond acceptors (Lipinski definition) is 4. The molecule has 18 heavy (non-hydrogen) atoms. The van der Waals surface area contributed by atoms with Gasteiger partial charge in [-0.25, -0.2) is 0 Å². The van der Waals surface area contributed by atoms with Gasteiger partial charge in [0.25, 0.3) is 0 Å². The lowest BCUT2D eigenvalue weighted by atomic mass is 10.1. The van der Waals surface area contributed by atoms with Gasteiger partial charge in [-0.2, -0.15) is 0 Å². The van der Waals surface area contributed by atoms with Crippen molar-refractivity contribution in [3.63, 3.8) is 0 Å². The molecule has 0 amide bonds. The highest BCUT2D eigenvalue weighted by molar-refractivity contribution is 6.07. The second-order valence-corrected chi connectivity index (χ2v) is 3.86. The molecule has 0 aliphatic carbocycles. The fourth-order valence-electron chi connectivity index (χ4n) is 1.62. The number of hydrogen-bond donors (Lipinski definition) is 1. The van der Waals surface area contributed by atoms with E-state index in [2.05, 4.69) is 0 Å². The van der Waals surface area contributed by atoms with Crippen molar-refractivity contribution in [3.05, 3.63) is 36.0 Å². The maximum Gasteiger partial charge on any atom is 0.191 e. The van der Waals surface area contributed by atoms with Crippen molar-refractivity contribution < 1.29 is 9.53 Å². The summed E-state index contributed by atoms with van der Waals surface area (Å²) in [5.74, 6) is 0.435. The Bertz CT molecular complexity index is 437. The van der Waals surface area contributed by atoms with E-state index in [0.717, 1.165) is 13.1 Å². The number of benzene rings is 1. The second-order valence-electron chi connectivity index (χ2n) is 3.86. The number of anilines is 1. The van der Waals surface area contributed by atoms with Crippen LogP contribution in [0.3, 0.4) is 0 Å². The lowest BCUT2D eigenvalue weighted by Crippen LogP contribution is -2.16. The number of allylic oxidation sites excluding steroid dienone is 1. The Kier molecular flexibility index (Phi) is 5.24. The van der Waals surface area contributed by atoms with E-state index < -0.39 is 0 Å². The number of methoxy groups -OCH3 is 1. The predicted molar refractivity (Wildman–Crippen MR) is 73.8 cm³/mol. The zero-order valence-corrected chi connectivity index (χ0v) is 11.1. The van der Waals surface area contributed by atoms with Crippen LogP contribution in [0, 0.1) is 0 Å². The van der Waals surface area contributed by atoms with Gasteiger partial charge in [-0.05, 0) is 32.0 Å². The lowest BCUT2D eigenvalue weighted by Gasteiger charge is -2.14. The van der Waals surface area contributed by atoms with Crippen LogP contribution in [0.4, 0.5) is 5.69 Å². The van der Waals surface area contributed by atoms with Crippen LogP contribution in [0.15, 0.2) is 30.5 Å². The summed E-state index contributed by atoms with van der Waals surface area (Å²) in [5, 5.41) is 0. The molecule has 0 fully saturated rings. The molecular formula is C14H20N2O2. The quantitative estimate of drug-likeness (QED) is 0.477. The molecule has 4 heteroatoms. The number of nitrogens with two attached hydrogens (primary N) is 1. The van der Waals surface area contributed by atoms with Crippen LogP contribution in [-0.2, 0) is 0 Å². The van der Waals surface area contributed by atoms with Gasteiger partial charge >= 0.3 is 0 Å². The number of ketones is 1. The van der Waals surface area contributed by atoms with Crippen LogP contribution < -0.4 is 10.5 Å². The van der Waals surface area contributed by atoms with Crippen LogP contribution in [0.1, 0.15) is 24.2 Å². The highest BCUT2D eigenvalue weighted by atomic mass is 16.5. The molecule has 0 unspecified atom stereocenters. The average Bonchev–Trinajstić information content (AvgIpc) is 2.39. The van der Waals surface area contributed by atoms with Crippen molar-refractivity contribution in [2.24, 2.45) is 0 Å². The molecule has 0 heterocycles. The standard InChI is InChI=1S/C14H20N2O2/c1-4-16(5-2)9-8-13(17)12-10-11(15)6-7-14(12)18-3/h6-10H,4-5,15H2,1-3H3. The Labute approximate surface area is 108 Å². The minimum Gasteiger partial charge on any atom is -0.496 e. The van der Waals surface area contributed by atoms with Gasteiger partial charge in [-0.3, -0.25) is 4.79 Å². The summed E-state index contributed by atoms with van der Waals surface area (Å²) in [7, 11) is 1.54. The molecule has 4 nitrogen and oxygen atoms in total. The average molecular weight is 248 g/mol. The van der Waals surface area contributed by atoms with Crippen molar-refractivity contribution in [1.29, 1.82) is 0 Å². The minimum absolute atomic E-state index is 0.106. The molecule has 1 aromatic rings. The van der Waals surface area contributed by atoms with E-state index in [1.165, 1.54) is 7.11 Å². The molecule has 0 spiro atoms. The SMILES string of the molecule is CCN(C=CC(=O)c1cc(N)ccc1OC)CC. The molecule has 0 saturated carbocycles. The zero-order chi connectivity index (χ0) is 13.5. The van der Waals surface area contributed by atoms with E-state index in [1.807, 2.05) is 18.7 Å². The van der Waals surface area contributed by atoms with Crippen molar-refractivity contribution >= 4 is 11.5 Å². The first-order valence-corrected chi connectivity index (χ1v) is 6.02. The lowest BCUT2D eigenvalue weighted by molar-refractivity contribution is 0.104. The largest absolute Gasteiger partial charge is 0.496 e. The molecule has 2 N–H and O–H groups in total. The third kappa shape index (κ3) is 3.52. The van der Waals surface area contributed by atoms with Crippen LogP contribution >= 0.6 is 0 Å². The van der Waals surface area contributed by atoms with Gasteiger partial charge in [-0.15, -0.1) is 0 Å². The third-order valence-electron chi connectivity index (χ3n) is 2.74. The van der Waals surface area contributed by atoms with Gasteiger partial charge in [0, 0.05) is 31.1 Å². The summed E-state index contributed by atoms with van der Waals surface area (Å²) in [6, 6.07) is 5.05. The van der Waals surface area contributed by atoms with Crippen LogP contribution in [-0.4, -0.2) is 30.9 Å². The smallest absolute Gasteiger partial charge is 0.191 e. The van der Waals surface area contributed by atoms with E-state index in [1.54, 1.807) is 30.5 Å². The summed E-state index contributed by atoms with van der Waals surface area (Å²) in [6.07, 6.45) is 3.34. The maximum absolute atomic E-state index is 12.1. The van der Waals surface area contributed by atoms with Crippen LogP contribution in [0.2, 0.25) is 0 Å². The van der Waals surface area contributed by atoms with Crippen molar-refractivity contribution in [2.45, 2.75) is 13.8 Å². The van der Waals surface area contributed by atoms with Gasteiger partial charge in [0.05, 0.1) is 12.7 Å². The van der Waals surface area contributed by atoms with Gasteiger partial charge in [0.2, 0.25) is 0 Å². The zero-order valence-electron chi connectivity index (χ0n) is 11.1. The fraction of sp³-hybridized carbons (Fsp3) is 0.357. The van der Waals surface area contributed by atoms with E-state index in [0.29, 0.717) is 17.0 Å². The van der Waals surface area contributed by atoms with Gasteiger partial charge in [0.15, 0.2) is 5.78 Å². The monoisotopic (exact) mass is 248 g/mol. The fourth-order valence-corrected chi connectivity index (χ4v) is 1.62. The molecular weight excluding hydrogens is 228 g/mol. The molecule has 1 rings (SSSR count). The van der Waals surface area contributed by atoms with Gasteiger partial charge < -0.3 is 15.4 Å². The van der Waals surface area contributed by atoms with Crippen molar-refractivity contribution in [1.82, 2.24) is 4.90 Å². The van der Waals surface area contributed by atoms with Crippen molar-refractivity contribution in [3.8, 4) is 5.75 Å². The summed E-state index contributed by atoms with van der Waals surface area (Å²) in [4.78, 5) is 14.1. The Balaban J connectivity index is 2.93. The van der Waals surface area contributed by atoms with E-state index in [9.17, 15) is 4.79 Å². The molecule has 0 bridgehead atoms. The first kappa shape index (κ1) is 14.1. The first-order chi connectivity index (χ1) is 8.62. The Morgan fingerprint density at radius 3 is 2.61 bits per heavy atom. The summed E-state index contributed by atoms with van der Waals surface area (Å²) < 4.78 is 5.16. The molecule has 0 radical (unpaired) electrons. The number of carbonyl (C=O) groups excluding carboxylic acids is 1. The highest BCUT2D eigenvalue weighted by Crippen LogP contribution is 2.21. The van der Waals surface area contributed by atoms with Gasteiger partial charge in [0.1, 0.15) is 5.75 Å².